The highest BCUT2D eigenvalue weighted by atomic mass is 35.5. The lowest BCUT2D eigenvalue weighted by molar-refractivity contribution is -0.134. The van der Waals surface area contributed by atoms with Gasteiger partial charge in [0.2, 0.25) is 5.91 Å². The Bertz CT molecular complexity index is 799. The Labute approximate surface area is 178 Å². The molecule has 156 valence electrons. The quantitative estimate of drug-likeness (QED) is 0.758. The molecule has 6 nitrogen and oxygen atoms in total. The molecule has 0 aromatic heterocycles. The third-order valence-electron chi connectivity index (χ3n) is 5.15. The summed E-state index contributed by atoms with van der Waals surface area (Å²) in [6.45, 7) is 1.36. The average Bonchev–Trinajstić information content (AvgIpc) is 2.77. The molecule has 3 rings (SSSR count). The maximum atomic E-state index is 13.3. The van der Waals surface area contributed by atoms with Crippen LogP contribution in [-0.4, -0.2) is 50.0 Å². The number of ether oxygens (including phenoxy) is 1. The second kappa shape index (κ2) is 10.8. The zero-order chi connectivity index (χ0) is 19.9. The lowest BCUT2D eigenvalue weighted by atomic mass is 10.0. The minimum absolute atomic E-state index is 0. The van der Waals surface area contributed by atoms with Crippen LogP contribution in [0.15, 0.2) is 54.6 Å². The van der Waals surface area contributed by atoms with E-state index in [-0.39, 0.29) is 30.3 Å². The third-order valence-corrected chi connectivity index (χ3v) is 5.15. The van der Waals surface area contributed by atoms with E-state index in [4.69, 9.17) is 4.74 Å². The summed E-state index contributed by atoms with van der Waals surface area (Å²) in [6, 6.07) is 15.8. The van der Waals surface area contributed by atoms with E-state index < -0.39 is 6.04 Å². The highest BCUT2D eigenvalue weighted by Crippen LogP contribution is 2.20. The lowest BCUT2D eigenvalue weighted by Crippen LogP contribution is -2.50. The van der Waals surface area contributed by atoms with E-state index in [0.29, 0.717) is 24.4 Å². The van der Waals surface area contributed by atoms with Crippen LogP contribution in [-0.2, 0) is 4.79 Å². The van der Waals surface area contributed by atoms with Crippen molar-refractivity contribution < 1.29 is 14.3 Å². The van der Waals surface area contributed by atoms with E-state index in [0.717, 1.165) is 18.4 Å². The summed E-state index contributed by atoms with van der Waals surface area (Å²) in [5, 5.41) is 6.18. The molecule has 7 heteroatoms. The molecule has 1 aliphatic rings. The molecule has 2 aromatic rings. The van der Waals surface area contributed by atoms with Crippen molar-refractivity contribution in [2.24, 2.45) is 0 Å². The molecule has 1 fully saturated rings. The topological polar surface area (TPSA) is 70.7 Å². The molecule has 2 aromatic carbocycles. The van der Waals surface area contributed by atoms with Gasteiger partial charge in [-0.2, -0.15) is 0 Å². The standard InChI is InChI=1S/C22H27N3O3.ClH/c1-23-18-9-6-14-25(15-18)22(27)20(16-7-4-3-5-8-16)24-21(26)17-10-12-19(28-2)13-11-17;/h3-5,7-8,10-13,18,20,23H,6,9,14-15H2,1-2H3,(H,24,26);1H. The van der Waals surface area contributed by atoms with Crippen LogP contribution in [0.25, 0.3) is 0 Å². The number of likely N-dealkylation sites (tertiary alicyclic amines) is 1. The number of hydrogen-bond acceptors (Lipinski definition) is 4. The number of benzene rings is 2. The summed E-state index contributed by atoms with van der Waals surface area (Å²) in [6.07, 6.45) is 2.00. The number of amides is 2. The van der Waals surface area contributed by atoms with Gasteiger partial charge in [0.15, 0.2) is 0 Å². The highest BCUT2D eigenvalue weighted by molar-refractivity contribution is 5.98. The molecular weight excluding hydrogens is 390 g/mol. The van der Waals surface area contributed by atoms with Crippen LogP contribution in [0, 0.1) is 0 Å². The molecular formula is C22H28ClN3O3. The van der Waals surface area contributed by atoms with E-state index in [2.05, 4.69) is 10.6 Å². The molecule has 2 N–H and O–H groups in total. The molecule has 1 aliphatic heterocycles. The Hall–Kier alpha value is -2.57. The van der Waals surface area contributed by atoms with Crippen LogP contribution in [0.3, 0.4) is 0 Å². The first kappa shape index (κ1) is 22.7. The van der Waals surface area contributed by atoms with Gasteiger partial charge in [-0.25, -0.2) is 0 Å². The molecule has 0 aliphatic carbocycles. The number of rotatable bonds is 6. The number of halogens is 1. The average molecular weight is 418 g/mol. The van der Waals surface area contributed by atoms with Crippen molar-refractivity contribution in [3.05, 3.63) is 65.7 Å². The Morgan fingerprint density at radius 3 is 2.41 bits per heavy atom. The van der Waals surface area contributed by atoms with E-state index in [1.54, 1.807) is 31.4 Å². The number of nitrogens with one attached hydrogen (secondary N) is 2. The van der Waals surface area contributed by atoms with E-state index in [1.165, 1.54) is 0 Å². The van der Waals surface area contributed by atoms with Crippen LogP contribution in [0.1, 0.15) is 34.8 Å². The van der Waals surface area contributed by atoms with Gasteiger partial charge in [-0.1, -0.05) is 30.3 Å². The first-order valence-corrected chi connectivity index (χ1v) is 9.58. The SMILES string of the molecule is CNC1CCCN(C(=O)C(NC(=O)c2ccc(OC)cc2)c2ccccc2)C1.Cl. The molecule has 2 unspecified atom stereocenters. The molecule has 0 radical (unpaired) electrons. The Balaban J connectivity index is 0.00000300. The molecule has 29 heavy (non-hydrogen) atoms. The fourth-order valence-corrected chi connectivity index (χ4v) is 3.49. The Morgan fingerprint density at radius 1 is 1.10 bits per heavy atom. The largest absolute Gasteiger partial charge is 0.497 e. The molecule has 2 amide bonds. The Kier molecular flexibility index (Phi) is 8.49. The number of methoxy groups -OCH3 is 1. The van der Waals surface area contributed by atoms with Crippen molar-refractivity contribution in [3.8, 4) is 5.75 Å². The van der Waals surface area contributed by atoms with Gasteiger partial charge in [0.1, 0.15) is 11.8 Å². The number of carbonyl (C=O) groups excluding carboxylic acids is 2. The number of hydrogen-bond donors (Lipinski definition) is 2. The van der Waals surface area contributed by atoms with Gasteiger partial charge in [-0.3, -0.25) is 9.59 Å². The number of piperidine rings is 1. The maximum Gasteiger partial charge on any atom is 0.252 e. The van der Waals surface area contributed by atoms with Gasteiger partial charge in [0.05, 0.1) is 7.11 Å². The second-order valence-corrected chi connectivity index (χ2v) is 6.96. The van der Waals surface area contributed by atoms with Gasteiger partial charge >= 0.3 is 0 Å². The number of likely N-dealkylation sites (N-methyl/N-ethyl adjacent to an activating group) is 1. The van der Waals surface area contributed by atoms with Gasteiger partial charge in [-0.15, -0.1) is 12.4 Å². The van der Waals surface area contributed by atoms with Crippen molar-refractivity contribution in [2.45, 2.75) is 24.9 Å². The van der Waals surface area contributed by atoms with Crippen LogP contribution < -0.4 is 15.4 Å². The van der Waals surface area contributed by atoms with Gasteiger partial charge in [-0.05, 0) is 49.7 Å². The number of carbonyl (C=O) groups is 2. The summed E-state index contributed by atoms with van der Waals surface area (Å²) in [7, 11) is 3.50. The zero-order valence-electron chi connectivity index (χ0n) is 16.8. The highest BCUT2D eigenvalue weighted by Gasteiger charge is 2.30. The number of nitrogens with zero attached hydrogens (tertiary/aromatic N) is 1. The predicted molar refractivity (Wildman–Crippen MR) is 116 cm³/mol. The molecule has 0 spiro atoms. The summed E-state index contributed by atoms with van der Waals surface area (Å²) in [5.74, 6) is 0.318. The maximum absolute atomic E-state index is 13.3. The van der Waals surface area contributed by atoms with E-state index in [9.17, 15) is 9.59 Å². The molecule has 0 saturated carbocycles. The van der Waals surface area contributed by atoms with Gasteiger partial charge in [0, 0.05) is 24.7 Å². The van der Waals surface area contributed by atoms with Gasteiger partial charge < -0.3 is 20.3 Å². The van der Waals surface area contributed by atoms with Crippen molar-refractivity contribution >= 4 is 24.2 Å². The van der Waals surface area contributed by atoms with Crippen molar-refractivity contribution in [1.29, 1.82) is 0 Å². The summed E-state index contributed by atoms with van der Waals surface area (Å²) in [5.41, 5.74) is 1.27. The van der Waals surface area contributed by atoms with Gasteiger partial charge in [0.25, 0.3) is 5.91 Å². The molecule has 1 saturated heterocycles. The fraction of sp³-hybridized carbons (Fsp3) is 0.364. The third kappa shape index (κ3) is 5.71. The zero-order valence-corrected chi connectivity index (χ0v) is 17.6. The lowest BCUT2D eigenvalue weighted by Gasteiger charge is -2.35. The smallest absolute Gasteiger partial charge is 0.252 e. The minimum atomic E-state index is -0.716. The fourth-order valence-electron chi connectivity index (χ4n) is 3.49. The summed E-state index contributed by atoms with van der Waals surface area (Å²) in [4.78, 5) is 27.9. The van der Waals surface area contributed by atoms with Crippen LogP contribution in [0.5, 0.6) is 5.75 Å². The first-order valence-electron chi connectivity index (χ1n) is 9.58. The molecule has 1 heterocycles. The van der Waals surface area contributed by atoms with Crippen molar-refractivity contribution in [2.75, 3.05) is 27.2 Å². The summed E-state index contributed by atoms with van der Waals surface area (Å²) >= 11 is 0. The molecule has 0 bridgehead atoms. The first-order chi connectivity index (χ1) is 13.6. The van der Waals surface area contributed by atoms with E-state index >= 15 is 0 Å². The van der Waals surface area contributed by atoms with E-state index in [1.807, 2.05) is 42.3 Å². The predicted octanol–water partition coefficient (Wildman–Crippen LogP) is 2.80. The monoisotopic (exact) mass is 417 g/mol. The second-order valence-electron chi connectivity index (χ2n) is 6.96. The van der Waals surface area contributed by atoms with Crippen molar-refractivity contribution in [3.63, 3.8) is 0 Å². The normalized spacial score (nSPS) is 17.0. The molecule has 2 atom stereocenters. The van der Waals surface area contributed by atoms with Crippen LogP contribution in [0.2, 0.25) is 0 Å². The van der Waals surface area contributed by atoms with Crippen molar-refractivity contribution in [1.82, 2.24) is 15.5 Å². The summed E-state index contributed by atoms with van der Waals surface area (Å²) < 4.78 is 5.14. The van der Waals surface area contributed by atoms with Crippen LogP contribution in [0.4, 0.5) is 0 Å². The minimum Gasteiger partial charge on any atom is -0.497 e. The Morgan fingerprint density at radius 2 is 1.79 bits per heavy atom. The van der Waals surface area contributed by atoms with Crippen LogP contribution >= 0.6 is 12.4 Å².